The second kappa shape index (κ2) is 5.77. The molecule has 0 radical (unpaired) electrons. The number of rotatable bonds is 4. The third kappa shape index (κ3) is 3.26. The molecular formula is C16H18O3S. The van der Waals surface area contributed by atoms with Gasteiger partial charge in [-0.3, -0.25) is 0 Å². The van der Waals surface area contributed by atoms with Crippen molar-refractivity contribution in [3.8, 4) is 0 Å². The fourth-order valence-corrected chi connectivity index (χ4v) is 3.38. The van der Waals surface area contributed by atoms with Gasteiger partial charge in [-0.15, -0.1) is 0 Å². The Hall–Kier alpha value is -1.65. The van der Waals surface area contributed by atoms with Gasteiger partial charge in [0.1, 0.15) is 0 Å². The second-order valence-electron chi connectivity index (χ2n) is 4.98. The van der Waals surface area contributed by atoms with Gasteiger partial charge in [0.05, 0.1) is 17.3 Å². The van der Waals surface area contributed by atoms with Gasteiger partial charge in [0, 0.05) is 0 Å². The molecule has 0 aromatic heterocycles. The highest BCUT2D eigenvalue weighted by atomic mass is 32.2. The molecule has 0 aliphatic heterocycles. The molecule has 0 atom stereocenters. The zero-order chi connectivity index (χ0) is 14.8. The van der Waals surface area contributed by atoms with Crippen molar-refractivity contribution in [1.82, 2.24) is 0 Å². The van der Waals surface area contributed by atoms with E-state index >= 15 is 0 Å². The van der Waals surface area contributed by atoms with E-state index in [9.17, 15) is 8.42 Å². The number of aliphatic hydroxyl groups is 1. The van der Waals surface area contributed by atoms with Crippen LogP contribution in [0.25, 0.3) is 0 Å². The van der Waals surface area contributed by atoms with Crippen LogP contribution in [0.4, 0.5) is 0 Å². The zero-order valence-corrected chi connectivity index (χ0v) is 12.4. The van der Waals surface area contributed by atoms with Crippen molar-refractivity contribution >= 4 is 9.84 Å². The standard InChI is InChI=1S/C16H18O3S/c1-12-3-8-16(9-13(12)2)20(18,19)11-15-6-4-14(10-17)5-7-15/h3-9,17H,10-11H2,1-2H3. The van der Waals surface area contributed by atoms with Crippen molar-refractivity contribution < 1.29 is 13.5 Å². The summed E-state index contributed by atoms with van der Waals surface area (Å²) in [4.78, 5) is 0.354. The molecule has 0 amide bonds. The monoisotopic (exact) mass is 290 g/mol. The van der Waals surface area contributed by atoms with E-state index in [1.165, 1.54) is 0 Å². The van der Waals surface area contributed by atoms with Crippen molar-refractivity contribution in [2.75, 3.05) is 0 Å². The minimum absolute atomic E-state index is 0.0266. The van der Waals surface area contributed by atoms with E-state index in [0.717, 1.165) is 22.3 Å². The summed E-state index contributed by atoms with van der Waals surface area (Å²) in [6, 6.07) is 12.2. The van der Waals surface area contributed by atoms with Gasteiger partial charge in [0.25, 0.3) is 0 Å². The molecule has 2 aromatic carbocycles. The lowest BCUT2D eigenvalue weighted by Gasteiger charge is -2.08. The molecule has 106 valence electrons. The molecule has 0 aliphatic carbocycles. The Morgan fingerprint density at radius 3 is 2.05 bits per heavy atom. The van der Waals surface area contributed by atoms with Gasteiger partial charge in [-0.25, -0.2) is 8.42 Å². The van der Waals surface area contributed by atoms with Gasteiger partial charge in [-0.1, -0.05) is 30.3 Å². The van der Waals surface area contributed by atoms with Crippen LogP contribution < -0.4 is 0 Å². The Morgan fingerprint density at radius 1 is 0.900 bits per heavy atom. The van der Waals surface area contributed by atoms with Crippen LogP contribution >= 0.6 is 0 Å². The zero-order valence-electron chi connectivity index (χ0n) is 11.6. The molecule has 2 rings (SSSR count). The normalized spacial score (nSPS) is 11.6. The lowest BCUT2D eigenvalue weighted by Crippen LogP contribution is -2.05. The predicted molar refractivity (Wildman–Crippen MR) is 79.2 cm³/mol. The van der Waals surface area contributed by atoms with Crippen LogP contribution in [0, 0.1) is 13.8 Å². The summed E-state index contributed by atoms with van der Waals surface area (Å²) in [7, 11) is -3.33. The molecule has 3 nitrogen and oxygen atoms in total. The van der Waals surface area contributed by atoms with E-state index in [1.54, 1.807) is 36.4 Å². The predicted octanol–water partition coefficient (Wildman–Crippen LogP) is 2.77. The Bertz CT molecular complexity index is 701. The summed E-state index contributed by atoms with van der Waals surface area (Å²) < 4.78 is 24.7. The molecule has 20 heavy (non-hydrogen) atoms. The van der Waals surface area contributed by atoms with Gasteiger partial charge in [-0.05, 0) is 48.2 Å². The first-order valence-electron chi connectivity index (χ1n) is 6.41. The fraction of sp³-hybridized carbons (Fsp3) is 0.250. The summed E-state index contributed by atoms with van der Waals surface area (Å²) >= 11 is 0. The molecule has 0 heterocycles. The minimum atomic E-state index is -3.33. The molecule has 0 fully saturated rings. The van der Waals surface area contributed by atoms with Gasteiger partial charge in [0.15, 0.2) is 9.84 Å². The molecule has 1 N–H and O–H groups in total. The fourth-order valence-electron chi connectivity index (χ4n) is 1.95. The maximum absolute atomic E-state index is 12.4. The molecule has 0 saturated heterocycles. The van der Waals surface area contributed by atoms with Crippen LogP contribution in [0.1, 0.15) is 22.3 Å². The van der Waals surface area contributed by atoms with E-state index in [1.807, 2.05) is 19.9 Å². The Morgan fingerprint density at radius 2 is 1.50 bits per heavy atom. The summed E-state index contributed by atoms with van der Waals surface area (Å²) in [6.07, 6.45) is 0. The molecule has 0 saturated carbocycles. The van der Waals surface area contributed by atoms with Crippen molar-refractivity contribution in [3.05, 3.63) is 64.7 Å². The van der Waals surface area contributed by atoms with Crippen LogP contribution in [-0.2, 0) is 22.2 Å². The van der Waals surface area contributed by atoms with Crippen molar-refractivity contribution in [3.63, 3.8) is 0 Å². The number of aryl methyl sites for hydroxylation is 2. The molecule has 0 spiro atoms. The van der Waals surface area contributed by atoms with Crippen LogP contribution in [0.3, 0.4) is 0 Å². The van der Waals surface area contributed by atoms with Gasteiger partial charge < -0.3 is 5.11 Å². The first-order valence-corrected chi connectivity index (χ1v) is 8.06. The molecule has 0 unspecified atom stereocenters. The van der Waals surface area contributed by atoms with Gasteiger partial charge in [-0.2, -0.15) is 0 Å². The lowest BCUT2D eigenvalue weighted by atomic mass is 10.1. The summed E-state index contributed by atoms with van der Waals surface area (Å²) in [5.74, 6) is -0.0266. The molecule has 0 bridgehead atoms. The van der Waals surface area contributed by atoms with E-state index in [0.29, 0.717) is 4.90 Å². The van der Waals surface area contributed by atoms with E-state index in [4.69, 9.17) is 5.11 Å². The maximum atomic E-state index is 12.4. The first-order chi connectivity index (χ1) is 9.42. The van der Waals surface area contributed by atoms with Crippen molar-refractivity contribution in [2.45, 2.75) is 31.1 Å². The first kappa shape index (κ1) is 14.8. The van der Waals surface area contributed by atoms with Crippen LogP contribution in [0.2, 0.25) is 0 Å². The molecule has 4 heteroatoms. The van der Waals surface area contributed by atoms with Gasteiger partial charge >= 0.3 is 0 Å². The lowest BCUT2D eigenvalue weighted by molar-refractivity contribution is 0.282. The molecular weight excluding hydrogens is 272 g/mol. The van der Waals surface area contributed by atoms with Crippen LogP contribution in [0.15, 0.2) is 47.4 Å². The summed E-state index contributed by atoms with van der Waals surface area (Å²) in [5.41, 5.74) is 3.55. The quantitative estimate of drug-likeness (QED) is 0.942. The largest absolute Gasteiger partial charge is 0.392 e. The Balaban J connectivity index is 2.27. The van der Waals surface area contributed by atoms with Crippen molar-refractivity contribution in [2.24, 2.45) is 0 Å². The van der Waals surface area contributed by atoms with Gasteiger partial charge in [0.2, 0.25) is 0 Å². The highest BCUT2D eigenvalue weighted by molar-refractivity contribution is 7.90. The topological polar surface area (TPSA) is 54.4 Å². The van der Waals surface area contributed by atoms with E-state index in [2.05, 4.69) is 0 Å². The molecule has 2 aromatic rings. The third-order valence-corrected chi connectivity index (χ3v) is 5.09. The summed E-state index contributed by atoms with van der Waals surface area (Å²) in [6.45, 7) is 3.83. The third-order valence-electron chi connectivity index (χ3n) is 3.40. The Labute approximate surface area is 119 Å². The SMILES string of the molecule is Cc1ccc(S(=O)(=O)Cc2ccc(CO)cc2)cc1C. The van der Waals surface area contributed by atoms with Crippen LogP contribution in [-0.4, -0.2) is 13.5 Å². The minimum Gasteiger partial charge on any atom is -0.392 e. The molecule has 0 aliphatic rings. The number of hydrogen-bond donors (Lipinski definition) is 1. The average Bonchev–Trinajstić information content (AvgIpc) is 2.42. The summed E-state index contributed by atoms with van der Waals surface area (Å²) in [5, 5.41) is 8.98. The highest BCUT2D eigenvalue weighted by Gasteiger charge is 2.15. The number of sulfone groups is 1. The van der Waals surface area contributed by atoms with E-state index in [-0.39, 0.29) is 12.4 Å². The second-order valence-corrected chi connectivity index (χ2v) is 6.97. The maximum Gasteiger partial charge on any atom is 0.182 e. The number of benzene rings is 2. The Kier molecular flexibility index (Phi) is 4.26. The smallest absolute Gasteiger partial charge is 0.182 e. The van der Waals surface area contributed by atoms with Crippen molar-refractivity contribution in [1.29, 1.82) is 0 Å². The van der Waals surface area contributed by atoms with Crippen LogP contribution in [0.5, 0.6) is 0 Å². The highest BCUT2D eigenvalue weighted by Crippen LogP contribution is 2.19. The number of hydrogen-bond acceptors (Lipinski definition) is 3. The average molecular weight is 290 g/mol. The van der Waals surface area contributed by atoms with E-state index < -0.39 is 9.84 Å². The number of aliphatic hydroxyl groups excluding tert-OH is 1.